The van der Waals surface area contributed by atoms with Gasteiger partial charge >= 0.3 is 5.97 Å². The monoisotopic (exact) mass is 469 g/mol. The Hall–Kier alpha value is -3.04. The summed E-state index contributed by atoms with van der Waals surface area (Å²) in [6.45, 7) is 1.92. The number of nitrogens with one attached hydrogen (secondary N) is 1. The van der Waals surface area contributed by atoms with Crippen LogP contribution in [0.3, 0.4) is 0 Å². The third-order valence-corrected chi connectivity index (χ3v) is 6.09. The molecule has 1 aliphatic heterocycles. The molecule has 9 heteroatoms. The predicted molar refractivity (Wildman–Crippen MR) is 130 cm³/mol. The smallest absolute Gasteiger partial charge is 0.303 e. The van der Waals surface area contributed by atoms with Crippen molar-refractivity contribution in [2.24, 2.45) is 0 Å². The number of aromatic nitrogens is 1. The SMILES string of the molecule is CC(=O)Nc1ccccc1-c1cccc(/C=C2\SC(=S)N(CCCCCC(=O)O)C2=O)n1. The zero-order valence-electron chi connectivity index (χ0n) is 17.5. The normalized spacial score (nSPS) is 14.8. The van der Waals surface area contributed by atoms with Crippen molar-refractivity contribution in [1.29, 1.82) is 0 Å². The van der Waals surface area contributed by atoms with Crippen molar-refractivity contribution >= 4 is 57.8 Å². The van der Waals surface area contributed by atoms with Gasteiger partial charge in [0.25, 0.3) is 5.91 Å². The number of unbranched alkanes of at least 4 members (excludes halogenated alkanes) is 2. The minimum atomic E-state index is -0.812. The van der Waals surface area contributed by atoms with Gasteiger partial charge in [0.15, 0.2) is 0 Å². The number of nitrogens with zero attached hydrogens (tertiary/aromatic N) is 2. The van der Waals surface area contributed by atoms with E-state index in [1.807, 2.05) is 42.5 Å². The summed E-state index contributed by atoms with van der Waals surface area (Å²) in [5, 5.41) is 11.5. The molecule has 1 fully saturated rings. The van der Waals surface area contributed by atoms with Crippen LogP contribution >= 0.6 is 24.0 Å². The molecule has 1 aromatic carbocycles. The Morgan fingerprint density at radius 1 is 1.16 bits per heavy atom. The van der Waals surface area contributed by atoms with Crippen LogP contribution in [0.15, 0.2) is 47.4 Å². The first-order valence-electron chi connectivity index (χ1n) is 10.2. The lowest BCUT2D eigenvalue weighted by Gasteiger charge is -2.13. The quantitative estimate of drug-likeness (QED) is 0.316. The fourth-order valence-corrected chi connectivity index (χ4v) is 4.53. The minimum Gasteiger partial charge on any atom is -0.481 e. The molecule has 166 valence electrons. The molecule has 2 aromatic rings. The molecule has 7 nitrogen and oxygen atoms in total. The molecule has 2 amide bonds. The lowest BCUT2D eigenvalue weighted by atomic mass is 10.1. The molecule has 2 N–H and O–H groups in total. The van der Waals surface area contributed by atoms with Crippen molar-refractivity contribution in [2.45, 2.75) is 32.6 Å². The molecule has 0 bridgehead atoms. The minimum absolute atomic E-state index is 0.130. The van der Waals surface area contributed by atoms with E-state index < -0.39 is 5.97 Å². The number of hydrogen-bond donors (Lipinski definition) is 2. The molecule has 1 saturated heterocycles. The average molecular weight is 470 g/mol. The zero-order valence-corrected chi connectivity index (χ0v) is 19.2. The highest BCUT2D eigenvalue weighted by atomic mass is 32.2. The van der Waals surface area contributed by atoms with Crippen LogP contribution in [0.1, 0.15) is 38.3 Å². The van der Waals surface area contributed by atoms with Crippen molar-refractivity contribution in [2.75, 3.05) is 11.9 Å². The number of carboxylic acid groups (broad SMARTS) is 1. The summed E-state index contributed by atoms with van der Waals surface area (Å²) in [7, 11) is 0. The third-order valence-electron chi connectivity index (χ3n) is 4.71. The molecule has 0 atom stereocenters. The Kier molecular flexibility index (Phi) is 8.13. The highest BCUT2D eigenvalue weighted by molar-refractivity contribution is 8.26. The van der Waals surface area contributed by atoms with Gasteiger partial charge in [-0.1, -0.05) is 54.7 Å². The number of benzene rings is 1. The molecule has 0 unspecified atom stereocenters. The number of rotatable bonds is 9. The van der Waals surface area contributed by atoms with E-state index in [2.05, 4.69) is 10.3 Å². The molecule has 1 aliphatic rings. The topological polar surface area (TPSA) is 99.6 Å². The Bertz CT molecular complexity index is 1080. The van der Waals surface area contributed by atoms with Gasteiger partial charge in [0.05, 0.1) is 22.0 Å². The number of para-hydroxylation sites is 1. The lowest BCUT2D eigenvalue weighted by molar-refractivity contribution is -0.137. The maximum Gasteiger partial charge on any atom is 0.303 e. The number of carboxylic acids is 1. The fourth-order valence-electron chi connectivity index (χ4n) is 3.24. The maximum absolute atomic E-state index is 12.8. The number of anilines is 1. The molecule has 0 spiro atoms. The van der Waals surface area contributed by atoms with Gasteiger partial charge in [-0.05, 0) is 37.1 Å². The van der Waals surface area contributed by atoms with Crippen LogP contribution in [0.4, 0.5) is 5.69 Å². The summed E-state index contributed by atoms with van der Waals surface area (Å²) in [6.07, 6.45) is 3.84. The van der Waals surface area contributed by atoms with Crippen LogP contribution in [0, 0.1) is 0 Å². The number of thiocarbonyl (C=S) groups is 1. The number of aliphatic carboxylic acids is 1. The largest absolute Gasteiger partial charge is 0.481 e. The van der Waals surface area contributed by atoms with Gasteiger partial charge in [-0.25, -0.2) is 4.98 Å². The molecule has 0 radical (unpaired) electrons. The summed E-state index contributed by atoms with van der Waals surface area (Å²) < 4.78 is 0.492. The second kappa shape index (κ2) is 11.0. The number of carbonyl (C=O) groups excluding carboxylic acids is 2. The van der Waals surface area contributed by atoms with E-state index in [9.17, 15) is 14.4 Å². The third kappa shape index (κ3) is 6.24. The van der Waals surface area contributed by atoms with Gasteiger partial charge in [0.1, 0.15) is 4.32 Å². The van der Waals surface area contributed by atoms with Gasteiger partial charge in [0, 0.05) is 25.5 Å². The van der Waals surface area contributed by atoms with E-state index in [0.717, 1.165) is 12.0 Å². The molecule has 1 aromatic heterocycles. The molecule has 32 heavy (non-hydrogen) atoms. The molecule has 0 saturated carbocycles. The highest BCUT2D eigenvalue weighted by Gasteiger charge is 2.31. The van der Waals surface area contributed by atoms with E-state index in [4.69, 9.17) is 17.3 Å². The molecular weight excluding hydrogens is 446 g/mol. The van der Waals surface area contributed by atoms with Gasteiger partial charge < -0.3 is 10.4 Å². The zero-order chi connectivity index (χ0) is 23.1. The molecular formula is C23H23N3O4S2. The van der Waals surface area contributed by atoms with Crippen molar-refractivity contribution in [1.82, 2.24) is 9.88 Å². The first-order valence-corrected chi connectivity index (χ1v) is 11.4. The Balaban J connectivity index is 1.73. The number of hydrogen-bond acceptors (Lipinski definition) is 6. The van der Waals surface area contributed by atoms with Crippen LogP contribution in [0.5, 0.6) is 0 Å². The number of amides is 2. The Morgan fingerprint density at radius 3 is 2.69 bits per heavy atom. The summed E-state index contributed by atoms with van der Waals surface area (Å²) in [6, 6.07) is 12.9. The molecule has 0 aliphatic carbocycles. The lowest BCUT2D eigenvalue weighted by Crippen LogP contribution is -2.29. The maximum atomic E-state index is 12.8. The van der Waals surface area contributed by atoms with Crippen molar-refractivity contribution in [3.63, 3.8) is 0 Å². The summed E-state index contributed by atoms with van der Waals surface area (Å²) in [5.74, 6) is -1.14. The first-order chi connectivity index (χ1) is 15.3. The van der Waals surface area contributed by atoms with Crippen molar-refractivity contribution in [3.8, 4) is 11.3 Å². The van der Waals surface area contributed by atoms with Gasteiger partial charge in [-0.2, -0.15) is 0 Å². The molecule has 2 heterocycles. The number of carbonyl (C=O) groups is 3. The van der Waals surface area contributed by atoms with E-state index in [1.165, 1.54) is 18.7 Å². The summed E-state index contributed by atoms with van der Waals surface area (Å²) >= 11 is 6.60. The van der Waals surface area contributed by atoms with Crippen LogP contribution in [-0.4, -0.2) is 43.6 Å². The summed E-state index contributed by atoms with van der Waals surface area (Å²) in [5.41, 5.74) is 2.74. The van der Waals surface area contributed by atoms with E-state index in [1.54, 1.807) is 11.0 Å². The van der Waals surface area contributed by atoms with E-state index in [-0.39, 0.29) is 18.2 Å². The number of pyridine rings is 1. The predicted octanol–water partition coefficient (Wildman–Crippen LogP) is 4.55. The second-order valence-corrected chi connectivity index (χ2v) is 8.89. The standard InChI is InChI=1S/C23H23N3O4S2/c1-15(27)24-18-10-5-4-9-17(18)19-11-7-8-16(25-19)14-20-22(30)26(23(31)32-20)13-6-2-3-12-21(28)29/h4-5,7-11,14H,2-3,6,12-13H2,1H3,(H,24,27)(H,28,29)/b20-14-. The number of thioether (sulfide) groups is 1. The van der Waals surface area contributed by atoms with E-state index in [0.29, 0.717) is 45.7 Å². The second-order valence-electron chi connectivity index (χ2n) is 7.21. The van der Waals surface area contributed by atoms with Crippen LogP contribution < -0.4 is 5.32 Å². The Labute approximate surface area is 195 Å². The van der Waals surface area contributed by atoms with E-state index >= 15 is 0 Å². The molecule has 3 rings (SSSR count). The van der Waals surface area contributed by atoms with Crippen molar-refractivity contribution < 1.29 is 19.5 Å². The highest BCUT2D eigenvalue weighted by Crippen LogP contribution is 2.33. The fraction of sp³-hybridized carbons (Fsp3) is 0.261. The van der Waals surface area contributed by atoms with Crippen LogP contribution in [0.25, 0.3) is 17.3 Å². The van der Waals surface area contributed by atoms with Crippen LogP contribution in [0.2, 0.25) is 0 Å². The average Bonchev–Trinajstić information content (AvgIpc) is 3.00. The van der Waals surface area contributed by atoms with Gasteiger partial charge in [-0.15, -0.1) is 0 Å². The van der Waals surface area contributed by atoms with Gasteiger partial charge in [0.2, 0.25) is 5.91 Å². The Morgan fingerprint density at radius 2 is 1.94 bits per heavy atom. The van der Waals surface area contributed by atoms with Crippen LogP contribution in [-0.2, 0) is 14.4 Å². The first kappa shape index (κ1) is 23.6. The summed E-state index contributed by atoms with van der Waals surface area (Å²) in [4.78, 5) is 41.6. The van der Waals surface area contributed by atoms with Gasteiger partial charge in [-0.3, -0.25) is 19.3 Å². The van der Waals surface area contributed by atoms with Crippen molar-refractivity contribution in [3.05, 3.63) is 53.1 Å².